The lowest BCUT2D eigenvalue weighted by molar-refractivity contribution is 0.0890. The van der Waals surface area contributed by atoms with Gasteiger partial charge in [-0.25, -0.2) is 4.99 Å². The van der Waals surface area contributed by atoms with Crippen LogP contribution in [-0.4, -0.2) is 29.9 Å². The summed E-state index contributed by atoms with van der Waals surface area (Å²) in [5.41, 5.74) is 0.869. The average Bonchev–Trinajstić information content (AvgIpc) is 3.31. The molecular weight excluding hydrogens is 324 g/mol. The Morgan fingerprint density at radius 1 is 1.54 bits per heavy atom. The zero-order chi connectivity index (χ0) is 16.8. The first-order valence-electron chi connectivity index (χ1n) is 8.32. The molecule has 24 heavy (non-hydrogen) atoms. The molecule has 6 nitrogen and oxygen atoms in total. The van der Waals surface area contributed by atoms with Gasteiger partial charge in [0.2, 0.25) is 0 Å². The van der Waals surface area contributed by atoms with Crippen LogP contribution >= 0.6 is 11.3 Å². The average molecular weight is 348 g/mol. The largest absolute Gasteiger partial charge is 0.376 e. The van der Waals surface area contributed by atoms with Gasteiger partial charge >= 0.3 is 0 Å². The number of aliphatic imine (C=N–C) groups is 1. The molecule has 1 saturated heterocycles. The van der Waals surface area contributed by atoms with E-state index in [-0.39, 0.29) is 12.1 Å². The minimum atomic E-state index is 0.207. The molecule has 0 unspecified atom stereocenters. The van der Waals surface area contributed by atoms with Gasteiger partial charge in [-0.15, -0.1) is 11.3 Å². The summed E-state index contributed by atoms with van der Waals surface area (Å²) in [6.07, 6.45) is 2.46. The summed E-state index contributed by atoms with van der Waals surface area (Å²) < 4.78 is 11.0. The van der Waals surface area contributed by atoms with Gasteiger partial charge < -0.3 is 19.9 Å². The SMILES string of the molecule is Cc1cc(CN=C(NCc2cccs2)N[C@H](C)[C@H]2CCCO2)on1. The maximum Gasteiger partial charge on any atom is 0.192 e. The fourth-order valence-electron chi connectivity index (χ4n) is 2.69. The van der Waals surface area contributed by atoms with Gasteiger partial charge in [-0.3, -0.25) is 0 Å². The number of hydrogen-bond acceptors (Lipinski definition) is 5. The first kappa shape index (κ1) is 17.0. The van der Waals surface area contributed by atoms with Crippen LogP contribution in [0.2, 0.25) is 0 Å². The zero-order valence-electron chi connectivity index (χ0n) is 14.1. The summed E-state index contributed by atoms with van der Waals surface area (Å²) in [6, 6.07) is 6.28. The summed E-state index contributed by atoms with van der Waals surface area (Å²) in [7, 11) is 0. The summed E-state index contributed by atoms with van der Waals surface area (Å²) >= 11 is 1.73. The predicted molar refractivity (Wildman–Crippen MR) is 95.1 cm³/mol. The normalized spacial score (nSPS) is 19.4. The highest BCUT2D eigenvalue weighted by Crippen LogP contribution is 2.15. The summed E-state index contributed by atoms with van der Waals surface area (Å²) in [6.45, 7) is 6.10. The maximum absolute atomic E-state index is 5.76. The highest BCUT2D eigenvalue weighted by molar-refractivity contribution is 7.09. The number of ether oxygens (including phenoxy) is 1. The van der Waals surface area contributed by atoms with Crippen LogP contribution in [0.15, 0.2) is 33.1 Å². The van der Waals surface area contributed by atoms with E-state index < -0.39 is 0 Å². The Morgan fingerprint density at radius 3 is 3.12 bits per heavy atom. The van der Waals surface area contributed by atoms with Gasteiger partial charge in [0, 0.05) is 17.6 Å². The van der Waals surface area contributed by atoms with Crippen molar-refractivity contribution in [2.75, 3.05) is 6.61 Å². The van der Waals surface area contributed by atoms with E-state index in [1.54, 1.807) is 11.3 Å². The number of guanidine groups is 1. The second-order valence-corrected chi connectivity index (χ2v) is 7.05. The second-order valence-electron chi connectivity index (χ2n) is 6.02. The molecule has 3 rings (SSSR count). The highest BCUT2D eigenvalue weighted by atomic mass is 32.1. The van der Waals surface area contributed by atoms with E-state index in [4.69, 9.17) is 9.26 Å². The number of hydrogen-bond donors (Lipinski definition) is 2. The minimum Gasteiger partial charge on any atom is -0.376 e. The van der Waals surface area contributed by atoms with E-state index >= 15 is 0 Å². The van der Waals surface area contributed by atoms with Crippen LogP contribution in [0.5, 0.6) is 0 Å². The molecule has 2 N–H and O–H groups in total. The molecule has 0 aliphatic carbocycles. The van der Waals surface area contributed by atoms with Crippen molar-refractivity contribution in [2.45, 2.75) is 51.9 Å². The topological polar surface area (TPSA) is 71.7 Å². The van der Waals surface area contributed by atoms with E-state index in [9.17, 15) is 0 Å². The Balaban J connectivity index is 1.62. The van der Waals surface area contributed by atoms with Crippen LogP contribution in [0, 0.1) is 6.92 Å². The van der Waals surface area contributed by atoms with Crippen molar-refractivity contribution < 1.29 is 9.26 Å². The Labute approximate surface area is 146 Å². The van der Waals surface area contributed by atoms with E-state index in [0.29, 0.717) is 6.54 Å². The Bertz CT molecular complexity index is 647. The third kappa shape index (κ3) is 4.82. The quantitative estimate of drug-likeness (QED) is 0.620. The fourth-order valence-corrected chi connectivity index (χ4v) is 3.33. The van der Waals surface area contributed by atoms with Crippen LogP contribution in [0.3, 0.4) is 0 Å². The molecule has 1 aliphatic rings. The highest BCUT2D eigenvalue weighted by Gasteiger charge is 2.23. The first-order valence-corrected chi connectivity index (χ1v) is 9.19. The molecule has 3 heterocycles. The molecule has 0 amide bonds. The van der Waals surface area contributed by atoms with E-state index in [0.717, 1.165) is 43.4 Å². The number of nitrogens with zero attached hydrogens (tertiary/aromatic N) is 2. The van der Waals surface area contributed by atoms with Gasteiger partial charge in [0.15, 0.2) is 11.7 Å². The van der Waals surface area contributed by atoms with Crippen molar-refractivity contribution in [1.29, 1.82) is 0 Å². The van der Waals surface area contributed by atoms with Gasteiger partial charge in [-0.1, -0.05) is 11.2 Å². The van der Waals surface area contributed by atoms with Crippen molar-refractivity contribution in [3.63, 3.8) is 0 Å². The molecule has 130 valence electrons. The number of nitrogens with one attached hydrogen (secondary N) is 2. The van der Waals surface area contributed by atoms with Crippen molar-refractivity contribution in [3.05, 3.63) is 39.9 Å². The standard InChI is InChI=1S/C17H24N4O2S/c1-12-9-14(23-21-12)10-18-17(19-11-15-5-4-8-24-15)20-13(2)16-6-3-7-22-16/h4-5,8-9,13,16H,3,6-7,10-11H2,1-2H3,(H2,18,19,20)/t13-,16-/m1/s1. The summed E-state index contributed by atoms with van der Waals surface area (Å²) in [4.78, 5) is 5.90. The van der Waals surface area contributed by atoms with Gasteiger partial charge in [0.05, 0.1) is 24.4 Å². The van der Waals surface area contributed by atoms with Crippen molar-refractivity contribution in [3.8, 4) is 0 Å². The summed E-state index contributed by atoms with van der Waals surface area (Å²) in [5.74, 6) is 1.52. The Morgan fingerprint density at radius 2 is 2.46 bits per heavy atom. The molecular formula is C17H24N4O2S. The third-order valence-corrected chi connectivity index (χ3v) is 4.84. The van der Waals surface area contributed by atoms with E-state index in [1.807, 2.05) is 13.0 Å². The van der Waals surface area contributed by atoms with Gasteiger partial charge in [0.25, 0.3) is 0 Å². The van der Waals surface area contributed by atoms with E-state index in [1.165, 1.54) is 4.88 Å². The third-order valence-electron chi connectivity index (χ3n) is 3.97. The smallest absolute Gasteiger partial charge is 0.192 e. The summed E-state index contributed by atoms with van der Waals surface area (Å²) in [5, 5.41) is 12.8. The van der Waals surface area contributed by atoms with Crippen molar-refractivity contribution >= 4 is 17.3 Å². The van der Waals surface area contributed by atoms with Crippen LogP contribution in [0.25, 0.3) is 0 Å². The van der Waals surface area contributed by atoms with Crippen LogP contribution in [-0.2, 0) is 17.8 Å². The lowest BCUT2D eigenvalue weighted by atomic mass is 10.1. The fraction of sp³-hybridized carbons (Fsp3) is 0.529. The molecule has 0 radical (unpaired) electrons. The van der Waals surface area contributed by atoms with E-state index in [2.05, 4.69) is 45.2 Å². The van der Waals surface area contributed by atoms with Crippen molar-refractivity contribution in [1.82, 2.24) is 15.8 Å². The molecule has 2 atom stereocenters. The van der Waals surface area contributed by atoms with Gasteiger partial charge in [-0.05, 0) is 38.1 Å². The minimum absolute atomic E-state index is 0.207. The second kappa shape index (κ2) is 8.30. The van der Waals surface area contributed by atoms with Crippen LogP contribution in [0.1, 0.15) is 36.1 Å². The molecule has 2 aromatic heterocycles. The monoisotopic (exact) mass is 348 g/mol. The molecule has 7 heteroatoms. The number of aryl methyl sites for hydroxylation is 1. The van der Waals surface area contributed by atoms with Gasteiger partial charge in [0.1, 0.15) is 6.54 Å². The Kier molecular flexibility index (Phi) is 5.87. The maximum atomic E-state index is 5.76. The predicted octanol–water partition coefficient (Wildman–Crippen LogP) is 2.85. The number of thiophene rings is 1. The molecule has 2 aromatic rings. The van der Waals surface area contributed by atoms with Gasteiger partial charge in [-0.2, -0.15) is 0 Å². The van der Waals surface area contributed by atoms with Crippen molar-refractivity contribution in [2.24, 2.45) is 4.99 Å². The lowest BCUT2D eigenvalue weighted by Gasteiger charge is -2.22. The molecule has 0 bridgehead atoms. The molecule has 0 saturated carbocycles. The molecule has 1 fully saturated rings. The molecule has 0 spiro atoms. The molecule has 1 aliphatic heterocycles. The lowest BCUT2D eigenvalue weighted by Crippen LogP contribution is -2.46. The zero-order valence-corrected chi connectivity index (χ0v) is 14.9. The van der Waals surface area contributed by atoms with Crippen LogP contribution < -0.4 is 10.6 Å². The first-order chi connectivity index (χ1) is 11.7. The Hall–Kier alpha value is -1.86. The number of rotatable bonds is 6. The number of aromatic nitrogens is 1. The van der Waals surface area contributed by atoms with Crippen LogP contribution in [0.4, 0.5) is 0 Å². The molecule has 0 aromatic carbocycles.